The van der Waals surface area contributed by atoms with Crippen LogP contribution >= 0.6 is 15.9 Å². The molecule has 84 valence electrons. The topological polar surface area (TPSA) is 9.23 Å². The van der Waals surface area contributed by atoms with Gasteiger partial charge in [-0.25, -0.2) is 0 Å². The molecule has 3 aromatic carbocycles. The molecule has 17 heavy (non-hydrogen) atoms. The third-order valence-electron chi connectivity index (χ3n) is 2.98. The average Bonchev–Trinajstić information content (AvgIpc) is 2.35. The van der Waals surface area contributed by atoms with Crippen molar-refractivity contribution in [3.8, 4) is 5.75 Å². The molecule has 1 nitrogen and oxygen atoms in total. The van der Waals surface area contributed by atoms with Crippen LogP contribution in [0.4, 0.5) is 0 Å². The Bertz CT molecular complexity index is 704. The van der Waals surface area contributed by atoms with Crippen LogP contribution in [0.5, 0.6) is 5.75 Å². The van der Waals surface area contributed by atoms with Crippen LogP contribution in [0.2, 0.25) is 0 Å². The van der Waals surface area contributed by atoms with Gasteiger partial charge in [0.2, 0.25) is 0 Å². The average molecular weight is 287 g/mol. The molecule has 0 unspecified atom stereocenters. The fraction of sp³-hybridized carbons (Fsp3) is 0.0667. The molecule has 0 heterocycles. The number of halogens is 1. The molecule has 0 atom stereocenters. The van der Waals surface area contributed by atoms with Gasteiger partial charge in [0.25, 0.3) is 0 Å². The smallest absolute Gasteiger partial charge is 0.133 e. The normalized spacial score (nSPS) is 10.9. The number of hydrogen-bond donors (Lipinski definition) is 0. The fourth-order valence-corrected chi connectivity index (χ4v) is 2.62. The molecule has 0 radical (unpaired) electrons. The van der Waals surface area contributed by atoms with Gasteiger partial charge in [0.1, 0.15) is 5.75 Å². The summed E-state index contributed by atoms with van der Waals surface area (Å²) in [5, 5.41) is 4.93. The Morgan fingerprint density at radius 1 is 0.824 bits per heavy atom. The molecule has 0 aliphatic heterocycles. The first-order valence-corrected chi connectivity index (χ1v) is 6.23. The van der Waals surface area contributed by atoms with Crippen LogP contribution in [0.15, 0.2) is 53.0 Å². The van der Waals surface area contributed by atoms with Crippen molar-refractivity contribution < 1.29 is 4.74 Å². The van der Waals surface area contributed by atoms with E-state index in [4.69, 9.17) is 4.74 Å². The monoisotopic (exact) mass is 286 g/mol. The van der Waals surface area contributed by atoms with Crippen LogP contribution in [0.3, 0.4) is 0 Å². The summed E-state index contributed by atoms with van der Waals surface area (Å²) in [7, 11) is 1.69. The molecule has 0 saturated carbocycles. The minimum absolute atomic E-state index is 0.868. The van der Waals surface area contributed by atoms with Crippen molar-refractivity contribution in [3.05, 3.63) is 53.0 Å². The zero-order chi connectivity index (χ0) is 11.8. The van der Waals surface area contributed by atoms with Gasteiger partial charge in [0.15, 0.2) is 0 Å². The van der Waals surface area contributed by atoms with E-state index >= 15 is 0 Å². The van der Waals surface area contributed by atoms with E-state index in [-0.39, 0.29) is 0 Å². The third-order valence-corrected chi connectivity index (χ3v) is 3.60. The van der Waals surface area contributed by atoms with Gasteiger partial charge in [0, 0.05) is 0 Å². The highest BCUT2D eigenvalue weighted by Gasteiger charge is 2.04. The Hall–Kier alpha value is -1.54. The second kappa shape index (κ2) is 4.04. The van der Waals surface area contributed by atoms with Gasteiger partial charge in [-0.15, -0.1) is 0 Å². The predicted octanol–water partition coefficient (Wildman–Crippen LogP) is 4.76. The molecule has 0 spiro atoms. The first-order valence-electron chi connectivity index (χ1n) is 5.44. The van der Waals surface area contributed by atoms with Crippen molar-refractivity contribution in [2.24, 2.45) is 0 Å². The molecule has 0 amide bonds. The Morgan fingerprint density at radius 2 is 1.41 bits per heavy atom. The Morgan fingerprint density at radius 3 is 2.00 bits per heavy atom. The summed E-state index contributed by atoms with van der Waals surface area (Å²) in [4.78, 5) is 0. The zero-order valence-electron chi connectivity index (χ0n) is 9.41. The number of fused-ring (bicyclic) bond motifs is 2. The SMILES string of the molecule is COc1cc2cc3ccccc3cc2cc1Br. The number of ether oxygens (including phenoxy) is 1. The van der Waals surface area contributed by atoms with E-state index in [9.17, 15) is 0 Å². The second-order valence-electron chi connectivity index (χ2n) is 4.03. The molecule has 3 aromatic rings. The molecule has 3 rings (SSSR count). The fourth-order valence-electron chi connectivity index (χ4n) is 2.10. The summed E-state index contributed by atoms with van der Waals surface area (Å²) in [6.07, 6.45) is 0. The van der Waals surface area contributed by atoms with Crippen molar-refractivity contribution in [1.82, 2.24) is 0 Å². The zero-order valence-corrected chi connectivity index (χ0v) is 11.0. The lowest BCUT2D eigenvalue weighted by atomic mass is 10.0. The summed E-state index contributed by atoms with van der Waals surface area (Å²) in [5.74, 6) is 0.868. The molecule has 0 saturated heterocycles. The van der Waals surface area contributed by atoms with E-state index in [1.54, 1.807) is 7.11 Å². The van der Waals surface area contributed by atoms with Crippen LogP contribution in [0.25, 0.3) is 21.5 Å². The predicted molar refractivity (Wildman–Crippen MR) is 75.7 cm³/mol. The minimum atomic E-state index is 0.868. The van der Waals surface area contributed by atoms with Crippen molar-refractivity contribution in [2.75, 3.05) is 7.11 Å². The quantitative estimate of drug-likeness (QED) is 0.586. The lowest BCUT2D eigenvalue weighted by molar-refractivity contribution is 0.413. The highest BCUT2D eigenvalue weighted by molar-refractivity contribution is 9.10. The molecule has 0 aliphatic carbocycles. The van der Waals surface area contributed by atoms with E-state index in [1.165, 1.54) is 21.5 Å². The second-order valence-corrected chi connectivity index (χ2v) is 4.89. The molecule has 0 N–H and O–H groups in total. The maximum atomic E-state index is 5.32. The van der Waals surface area contributed by atoms with Gasteiger partial charge < -0.3 is 4.74 Å². The van der Waals surface area contributed by atoms with Crippen LogP contribution in [0.1, 0.15) is 0 Å². The van der Waals surface area contributed by atoms with Gasteiger partial charge >= 0.3 is 0 Å². The van der Waals surface area contributed by atoms with Crippen molar-refractivity contribution >= 4 is 37.5 Å². The van der Waals surface area contributed by atoms with Crippen LogP contribution in [0, 0.1) is 0 Å². The summed E-state index contributed by atoms with van der Waals surface area (Å²) < 4.78 is 6.31. The van der Waals surface area contributed by atoms with Gasteiger partial charge in [-0.05, 0) is 61.7 Å². The summed E-state index contributed by atoms with van der Waals surface area (Å²) in [6, 6.07) is 16.9. The molecule has 0 aliphatic rings. The van der Waals surface area contributed by atoms with Crippen LogP contribution in [-0.4, -0.2) is 7.11 Å². The summed E-state index contributed by atoms with van der Waals surface area (Å²) in [5.41, 5.74) is 0. The number of hydrogen-bond acceptors (Lipinski definition) is 1. The maximum Gasteiger partial charge on any atom is 0.133 e. The van der Waals surface area contributed by atoms with Gasteiger partial charge in [-0.2, -0.15) is 0 Å². The molecule has 0 bridgehead atoms. The number of rotatable bonds is 1. The van der Waals surface area contributed by atoms with E-state index in [0.717, 1.165) is 10.2 Å². The van der Waals surface area contributed by atoms with E-state index < -0.39 is 0 Å². The van der Waals surface area contributed by atoms with Crippen molar-refractivity contribution in [3.63, 3.8) is 0 Å². The van der Waals surface area contributed by atoms with E-state index in [2.05, 4.69) is 64.5 Å². The first-order chi connectivity index (χ1) is 8.28. The Kier molecular flexibility index (Phi) is 2.52. The summed E-state index contributed by atoms with van der Waals surface area (Å²) >= 11 is 3.52. The molecule has 0 aromatic heterocycles. The molecule has 0 fully saturated rings. The molecule has 2 heteroatoms. The van der Waals surface area contributed by atoms with Crippen molar-refractivity contribution in [1.29, 1.82) is 0 Å². The maximum absolute atomic E-state index is 5.32. The lowest BCUT2D eigenvalue weighted by Gasteiger charge is -2.07. The number of methoxy groups -OCH3 is 1. The van der Waals surface area contributed by atoms with Crippen molar-refractivity contribution in [2.45, 2.75) is 0 Å². The van der Waals surface area contributed by atoms with Gasteiger partial charge in [-0.3, -0.25) is 0 Å². The van der Waals surface area contributed by atoms with Crippen LogP contribution < -0.4 is 4.74 Å². The highest BCUT2D eigenvalue weighted by atomic mass is 79.9. The Labute approximate surface area is 108 Å². The standard InChI is InChI=1S/C15H11BrO/c1-17-15-9-13-7-11-5-3-2-4-10(11)6-12(13)8-14(15)16/h2-9H,1H3. The van der Waals surface area contributed by atoms with Gasteiger partial charge in [0.05, 0.1) is 11.6 Å². The molecular weight excluding hydrogens is 276 g/mol. The lowest BCUT2D eigenvalue weighted by Crippen LogP contribution is -1.85. The van der Waals surface area contributed by atoms with E-state index in [1.807, 2.05) is 0 Å². The highest BCUT2D eigenvalue weighted by Crippen LogP contribution is 2.32. The minimum Gasteiger partial charge on any atom is -0.496 e. The van der Waals surface area contributed by atoms with Gasteiger partial charge in [-0.1, -0.05) is 24.3 Å². The summed E-state index contributed by atoms with van der Waals surface area (Å²) in [6.45, 7) is 0. The first kappa shape index (κ1) is 10.6. The largest absolute Gasteiger partial charge is 0.496 e. The van der Waals surface area contributed by atoms with E-state index in [0.29, 0.717) is 0 Å². The molecular formula is C15H11BrO. The van der Waals surface area contributed by atoms with Crippen LogP contribution in [-0.2, 0) is 0 Å². The Balaban J connectivity index is 2.40. The third kappa shape index (κ3) is 1.79. The number of benzene rings is 3.